The Kier molecular flexibility index (Phi) is 4.03. The summed E-state index contributed by atoms with van der Waals surface area (Å²) < 4.78 is 5.12. The molecule has 0 radical (unpaired) electrons. The number of benzene rings is 1. The lowest BCUT2D eigenvalue weighted by Gasteiger charge is -2.17. The van der Waals surface area contributed by atoms with Crippen LogP contribution in [0, 0.1) is 23.7 Å². The van der Waals surface area contributed by atoms with Gasteiger partial charge >= 0.3 is 6.09 Å². The van der Waals surface area contributed by atoms with Gasteiger partial charge in [-0.2, -0.15) is 0 Å². The van der Waals surface area contributed by atoms with Gasteiger partial charge in [-0.05, 0) is 23.8 Å². The molecule has 4 unspecified atom stereocenters. The van der Waals surface area contributed by atoms with E-state index >= 15 is 0 Å². The number of amides is 3. The van der Waals surface area contributed by atoms with Crippen molar-refractivity contribution < 1.29 is 19.1 Å². The highest BCUT2D eigenvalue weighted by molar-refractivity contribution is 6.06. The zero-order chi connectivity index (χ0) is 17.4. The summed E-state index contributed by atoms with van der Waals surface area (Å²) in [5.74, 6) is -0.141. The van der Waals surface area contributed by atoms with E-state index in [1.807, 2.05) is 30.3 Å². The fourth-order valence-corrected chi connectivity index (χ4v) is 4.23. The molecule has 4 atom stereocenters. The van der Waals surface area contributed by atoms with Crippen molar-refractivity contribution in [1.29, 1.82) is 0 Å². The number of fused-ring (bicyclic) bond motifs is 5. The standard InChI is InChI=1S/C19H20N2O4/c22-17-15-13-6-7-14(10-13)16(15)18(23)21(17)9-8-20-19(24)25-11-12-4-2-1-3-5-12/h1-7,13-16H,8-11H2,(H,20,24). The van der Waals surface area contributed by atoms with Crippen molar-refractivity contribution in [3.05, 3.63) is 48.0 Å². The highest BCUT2D eigenvalue weighted by Crippen LogP contribution is 2.52. The predicted molar refractivity (Wildman–Crippen MR) is 89.1 cm³/mol. The van der Waals surface area contributed by atoms with Gasteiger partial charge in [0.25, 0.3) is 0 Å². The number of hydrogen-bond donors (Lipinski definition) is 1. The van der Waals surface area contributed by atoms with Crippen LogP contribution in [0.3, 0.4) is 0 Å². The number of nitrogens with one attached hydrogen (secondary N) is 1. The predicted octanol–water partition coefficient (Wildman–Crippen LogP) is 1.72. The van der Waals surface area contributed by atoms with Gasteiger partial charge in [-0.15, -0.1) is 0 Å². The lowest BCUT2D eigenvalue weighted by Crippen LogP contribution is -2.39. The Labute approximate surface area is 145 Å². The van der Waals surface area contributed by atoms with Gasteiger partial charge in [-0.1, -0.05) is 42.5 Å². The first-order valence-corrected chi connectivity index (χ1v) is 8.63. The van der Waals surface area contributed by atoms with Gasteiger partial charge in [0.15, 0.2) is 0 Å². The number of rotatable bonds is 5. The van der Waals surface area contributed by atoms with Crippen molar-refractivity contribution >= 4 is 17.9 Å². The SMILES string of the molecule is O=C(NCCN1C(=O)C2C3C=CC(C3)C2C1=O)OCc1ccccc1. The molecule has 1 N–H and O–H groups in total. The van der Waals surface area contributed by atoms with Crippen LogP contribution in [0.15, 0.2) is 42.5 Å². The molecule has 25 heavy (non-hydrogen) atoms. The second-order valence-electron chi connectivity index (χ2n) is 6.82. The maximum Gasteiger partial charge on any atom is 0.407 e. The van der Waals surface area contributed by atoms with Gasteiger partial charge in [0.05, 0.1) is 11.8 Å². The Hall–Kier alpha value is -2.63. The summed E-state index contributed by atoms with van der Waals surface area (Å²) in [5, 5.41) is 2.60. The summed E-state index contributed by atoms with van der Waals surface area (Å²) in [4.78, 5) is 38.0. The Morgan fingerprint density at radius 1 is 1.08 bits per heavy atom. The Balaban J connectivity index is 1.25. The van der Waals surface area contributed by atoms with Gasteiger partial charge in [-0.3, -0.25) is 14.5 Å². The number of alkyl carbamates (subject to hydrolysis) is 1. The second kappa shape index (κ2) is 6.35. The molecule has 1 heterocycles. The summed E-state index contributed by atoms with van der Waals surface area (Å²) in [6, 6.07) is 9.39. The molecule has 1 aromatic rings. The monoisotopic (exact) mass is 340 g/mol. The van der Waals surface area contributed by atoms with Gasteiger partial charge in [0.1, 0.15) is 6.61 Å². The highest BCUT2D eigenvalue weighted by Gasteiger charge is 2.58. The summed E-state index contributed by atoms with van der Waals surface area (Å²) in [6.07, 6.45) is 4.51. The molecule has 1 saturated heterocycles. The van der Waals surface area contributed by atoms with Crippen LogP contribution < -0.4 is 5.32 Å². The summed E-state index contributed by atoms with van der Waals surface area (Å²) in [6.45, 7) is 0.589. The minimum absolute atomic E-state index is 0.0914. The molecule has 4 rings (SSSR count). The first kappa shape index (κ1) is 15.9. The van der Waals surface area contributed by atoms with Crippen LogP contribution in [0.5, 0.6) is 0 Å². The van der Waals surface area contributed by atoms with Crippen LogP contribution in [-0.2, 0) is 20.9 Å². The molecule has 2 aliphatic carbocycles. The summed E-state index contributed by atoms with van der Waals surface area (Å²) in [5.41, 5.74) is 0.901. The number of ether oxygens (including phenoxy) is 1. The molecular weight excluding hydrogens is 320 g/mol. The van der Waals surface area contributed by atoms with E-state index < -0.39 is 6.09 Å². The average Bonchev–Trinajstić information content (AvgIpc) is 3.30. The number of carbonyl (C=O) groups excluding carboxylic acids is 3. The lowest BCUT2D eigenvalue weighted by molar-refractivity contribution is -0.140. The number of nitrogens with zero attached hydrogens (tertiary/aromatic N) is 1. The van der Waals surface area contributed by atoms with Crippen molar-refractivity contribution in [2.75, 3.05) is 13.1 Å². The van der Waals surface area contributed by atoms with Crippen LogP contribution >= 0.6 is 0 Å². The molecule has 6 nitrogen and oxygen atoms in total. The third kappa shape index (κ3) is 2.81. The number of imide groups is 1. The Morgan fingerprint density at radius 2 is 1.72 bits per heavy atom. The van der Waals surface area contributed by atoms with E-state index in [2.05, 4.69) is 17.5 Å². The van der Waals surface area contributed by atoms with E-state index in [0.29, 0.717) is 0 Å². The molecule has 130 valence electrons. The first-order chi connectivity index (χ1) is 12.1. The minimum atomic E-state index is -0.551. The maximum atomic E-state index is 12.5. The fourth-order valence-electron chi connectivity index (χ4n) is 4.23. The fraction of sp³-hybridized carbons (Fsp3) is 0.421. The molecule has 1 saturated carbocycles. The third-order valence-electron chi connectivity index (χ3n) is 5.38. The smallest absolute Gasteiger partial charge is 0.407 e. The highest BCUT2D eigenvalue weighted by atomic mass is 16.5. The van der Waals surface area contributed by atoms with Gasteiger partial charge < -0.3 is 10.1 Å². The van der Waals surface area contributed by atoms with Crippen LogP contribution in [0.1, 0.15) is 12.0 Å². The zero-order valence-corrected chi connectivity index (χ0v) is 13.8. The average molecular weight is 340 g/mol. The zero-order valence-electron chi connectivity index (χ0n) is 13.8. The van der Waals surface area contributed by atoms with E-state index in [9.17, 15) is 14.4 Å². The van der Waals surface area contributed by atoms with Crippen LogP contribution in [0.4, 0.5) is 4.79 Å². The number of carbonyl (C=O) groups is 3. The molecule has 2 bridgehead atoms. The summed E-state index contributed by atoms with van der Waals surface area (Å²) in [7, 11) is 0. The summed E-state index contributed by atoms with van der Waals surface area (Å²) >= 11 is 0. The maximum absolute atomic E-state index is 12.5. The number of allylic oxidation sites excluding steroid dienone is 2. The molecule has 1 aromatic carbocycles. The minimum Gasteiger partial charge on any atom is -0.445 e. The Morgan fingerprint density at radius 3 is 2.36 bits per heavy atom. The molecule has 3 amide bonds. The molecule has 0 aromatic heterocycles. The van der Waals surface area contributed by atoms with E-state index in [-0.39, 0.29) is 55.2 Å². The third-order valence-corrected chi connectivity index (χ3v) is 5.38. The first-order valence-electron chi connectivity index (χ1n) is 8.63. The molecule has 6 heteroatoms. The van der Waals surface area contributed by atoms with E-state index in [4.69, 9.17) is 4.74 Å². The Bertz CT molecular complexity index is 700. The largest absolute Gasteiger partial charge is 0.445 e. The van der Waals surface area contributed by atoms with E-state index in [0.717, 1.165) is 12.0 Å². The van der Waals surface area contributed by atoms with Crippen molar-refractivity contribution in [2.24, 2.45) is 23.7 Å². The molecular formula is C19H20N2O4. The topological polar surface area (TPSA) is 75.7 Å². The molecule has 3 aliphatic rings. The van der Waals surface area contributed by atoms with Crippen LogP contribution in [-0.4, -0.2) is 35.9 Å². The molecule has 0 spiro atoms. The molecule has 2 fully saturated rings. The van der Waals surface area contributed by atoms with Crippen molar-refractivity contribution in [1.82, 2.24) is 10.2 Å². The van der Waals surface area contributed by atoms with Crippen molar-refractivity contribution in [3.63, 3.8) is 0 Å². The van der Waals surface area contributed by atoms with Crippen LogP contribution in [0.25, 0.3) is 0 Å². The van der Waals surface area contributed by atoms with Gasteiger partial charge in [0, 0.05) is 13.1 Å². The van der Waals surface area contributed by atoms with E-state index in [1.54, 1.807) is 0 Å². The lowest BCUT2D eigenvalue weighted by atomic mass is 9.85. The van der Waals surface area contributed by atoms with Crippen molar-refractivity contribution in [2.45, 2.75) is 13.0 Å². The van der Waals surface area contributed by atoms with Gasteiger partial charge in [-0.25, -0.2) is 4.79 Å². The number of likely N-dealkylation sites (tertiary alicyclic amines) is 1. The second-order valence-corrected chi connectivity index (χ2v) is 6.82. The van der Waals surface area contributed by atoms with Crippen molar-refractivity contribution in [3.8, 4) is 0 Å². The van der Waals surface area contributed by atoms with E-state index in [1.165, 1.54) is 4.90 Å². The van der Waals surface area contributed by atoms with Crippen LogP contribution in [0.2, 0.25) is 0 Å². The molecule has 1 aliphatic heterocycles. The normalized spacial score (nSPS) is 29.2. The quantitative estimate of drug-likeness (QED) is 0.654. The van der Waals surface area contributed by atoms with Gasteiger partial charge in [0.2, 0.25) is 11.8 Å². The number of hydrogen-bond acceptors (Lipinski definition) is 4.